The molecule has 3 aromatic rings. The molecule has 2 heterocycles. The maximum Gasteiger partial charge on any atom is 0.243 e. The number of thiazole rings is 1. The van der Waals surface area contributed by atoms with Crippen LogP contribution in [-0.4, -0.2) is 44.1 Å². The highest BCUT2D eigenvalue weighted by atomic mass is 32.2. The number of piperidine rings is 1. The predicted molar refractivity (Wildman–Crippen MR) is 124 cm³/mol. The first kappa shape index (κ1) is 21.5. The van der Waals surface area contributed by atoms with E-state index in [0.29, 0.717) is 28.8 Å². The lowest BCUT2D eigenvalue weighted by Gasteiger charge is -2.26. The third-order valence-electron chi connectivity index (χ3n) is 5.08. The van der Waals surface area contributed by atoms with Gasteiger partial charge in [-0.2, -0.15) is 9.41 Å². The van der Waals surface area contributed by atoms with E-state index in [1.165, 1.54) is 11.3 Å². The van der Waals surface area contributed by atoms with Crippen molar-refractivity contribution >= 4 is 32.7 Å². The number of hydrogen-bond donors (Lipinski definition) is 1. The van der Waals surface area contributed by atoms with Crippen molar-refractivity contribution in [2.24, 2.45) is 5.10 Å². The molecule has 0 spiro atoms. The minimum absolute atomic E-state index is 0.312. The first-order chi connectivity index (χ1) is 15.1. The molecule has 1 N–H and O–H groups in total. The van der Waals surface area contributed by atoms with Crippen molar-refractivity contribution in [3.63, 3.8) is 0 Å². The third kappa shape index (κ3) is 5.12. The van der Waals surface area contributed by atoms with E-state index in [-0.39, 0.29) is 0 Å². The summed E-state index contributed by atoms with van der Waals surface area (Å²) in [5.74, 6) is 0.791. The van der Waals surface area contributed by atoms with Crippen LogP contribution in [-0.2, 0) is 10.0 Å². The minimum Gasteiger partial charge on any atom is -0.497 e. The third-order valence-corrected chi connectivity index (χ3v) is 7.72. The summed E-state index contributed by atoms with van der Waals surface area (Å²) >= 11 is 1.41. The first-order valence-electron chi connectivity index (χ1n) is 10.1. The second kappa shape index (κ2) is 9.59. The average molecular weight is 457 g/mol. The standard InChI is InChI=1S/C22H24N4O3S2/c1-29-19-10-8-17(9-11-19)15-23-25-22-24-21(16-30-22)18-6-5-7-20(14-18)31(27,28)26-12-3-2-4-13-26/h5-11,14-16H,2-4,12-13H2,1H3,(H,24,25). The van der Waals surface area contributed by atoms with Gasteiger partial charge in [-0.1, -0.05) is 18.6 Å². The van der Waals surface area contributed by atoms with Crippen LogP contribution in [0.15, 0.2) is 63.9 Å². The van der Waals surface area contributed by atoms with E-state index in [9.17, 15) is 8.42 Å². The Labute approximate surface area is 186 Å². The van der Waals surface area contributed by atoms with E-state index in [2.05, 4.69) is 15.5 Å². The van der Waals surface area contributed by atoms with Crippen LogP contribution in [0.2, 0.25) is 0 Å². The van der Waals surface area contributed by atoms with Crippen molar-refractivity contribution in [3.05, 3.63) is 59.5 Å². The topological polar surface area (TPSA) is 83.9 Å². The number of rotatable bonds is 7. The number of aromatic nitrogens is 1. The molecule has 0 bridgehead atoms. The van der Waals surface area contributed by atoms with Gasteiger partial charge < -0.3 is 4.74 Å². The van der Waals surface area contributed by atoms with Gasteiger partial charge in [-0.25, -0.2) is 13.4 Å². The van der Waals surface area contributed by atoms with Gasteiger partial charge in [0, 0.05) is 24.0 Å². The molecule has 7 nitrogen and oxygen atoms in total. The number of nitrogens with zero attached hydrogens (tertiary/aromatic N) is 3. The molecule has 0 amide bonds. The summed E-state index contributed by atoms with van der Waals surface area (Å²) < 4.78 is 32.6. The Hall–Kier alpha value is -2.75. The summed E-state index contributed by atoms with van der Waals surface area (Å²) in [5, 5.41) is 6.74. The minimum atomic E-state index is -3.47. The normalized spacial score (nSPS) is 15.3. The van der Waals surface area contributed by atoms with Gasteiger partial charge in [-0.15, -0.1) is 11.3 Å². The lowest BCUT2D eigenvalue weighted by atomic mass is 10.2. The molecule has 1 aromatic heterocycles. The van der Waals surface area contributed by atoms with Crippen LogP contribution in [0.1, 0.15) is 24.8 Å². The van der Waals surface area contributed by atoms with E-state index in [0.717, 1.165) is 36.1 Å². The van der Waals surface area contributed by atoms with Crippen molar-refractivity contribution in [1.29, 1.82) is 0 Å². The van der Waals surface area contributed by atoms with Crippen molar-refractivity contribution < 1.29 is 13.2 Å². The number of anilines is 1. The molecule has 1 saturated heterocycles. The Bertz CT molecular complexity index is 1150. The zero-order chi connectivity index (χ0) is 21.7. The molecule has 0 radical (unpaired) electrons. The highest BCUT2D eigenvalue weighted by molar-refractivity contribution is 7.89. The summed E-state index contributed by atoms with van der Waals surface area (Å²) in [5.41, 5.74) is 5.34. The highest BCUT2D eigenvalue weighted by Crippen LogP contribution is 2.28. The van der Waals surface area contributed by atoms with Gasteiger partial charge in [-0.05, 0) is 54.8 Å². The number of hydrogen-bond acceptors (Lipinski definition) is 7. The van der Waals surface area contributed by atoms with Crippen LogP contribution >= 0.6 is 11.3 Å². The van der Waals surface area contributed by atoms with Crippen molar-refractivity contribution in [2.75, 3.05) is 25.6 Å². The quantitative estimate of drug-likeness (QED) is 0.420. The fourth-order valence-corrected chi connectivity index (χ4v) is 5.61. The summed E-state index contributed by atoms with van der Waals surface area (Å²) in [6.45, 7) is 1.17. The van der Waals surface area contributed by atoms with Gasteiger partial charge in [0.05, 0.1) is 23.9 Å². The summed E-state index contributed by atoms with van der Waals surface area (Å²) in [4.78, 5) is 4.85. The number of benzene rings is 2. The Morgan fingerprint density at radius 3 is 2.65 bits per heavy atom. The number of methoxy groups -OCH3 is 1. The molecule has 0 atom stereocenters. The van der Waals surface area contributed by atoms with Crippen LogP contribution in [0.5, 0.6) is 5.75 Å². The number of ether oxygens (including phenoxy) is 1. The van der Waals surface area contributed by atoms with Crippen LogP contribution in [0, 0.1) is 0 Å². The van der Waals surface area contributed by atoms with Crippen LogP contribution in [0.4, 0.5) is 5.13 Å². The number of sulfonamides is 1. The molecule has 31 heavy (non-hydrogen) atoms. The molecular weight excluding hydrogens is 432 g/mol. The van der Waals surface area contributed by atoms with Crippen LogP contribution in [0.25, 0.3) is 11.3 Å². The molecular formula is C22H24N4O3S2. The summed E-state index contributed by atoms with van der Waals surface area (Å²) in [6, 6.07) is 14.5. The molecule has 4 rings (SSSR count). The van der Waals surface area contributed by atoms with E-state index in [1.807, 2.05) is 35.7 Å². The Balaban J connectivity index is 1.46. The van der Waals surface area contributed by atoms with Gasteiger partial charge in [0.1, 0.15) is 5.75 Å². The van der Waals surface area contributed by atoms with Crippen molar-refractivity contribution in [2.45, 2.75) is 24.2 Å². The maximum absolute atomic E-state index is 13.0. The van der Waals surface area contributed by atoms with Gasteiger partial charge in [0.25, 0.3) is 0 Å². The average Bonchev–Trinajstić information content (AvgIpc) is 3.29. The predicted octanol–water partition coefficient (Wildman–Crippen LogP) is 4.44. The molecule has 9 heteroatoms. The molecule has 1 fully saturated rings. The second-order valence-electron chi connectivity index (χ2n) is 7.17. The Kier molecular flexibility index (Phi) is 6.64. The van der Waals surface area contributed by atoms with Crippen molar-refractivity contribution in [3.8, 4) is 17.0 Å². The molecule has 0 aliphatic carbocycles. The molecule has 1 aliphatic rings. The molecule has 162 valence electrons. The van der Waals surface area contributed by atoms with Gasteiger partial charge >= 0.3 is 0 Å². The van der Waals surface area contributed by atoms with E-state index < -0.39 is 10.0 Å². The summed E-state index contributed by atoms with van der Waals surface area (Å²) in [6.07, 6.45) is 4.61. The fraction of sp³-hybridized carbons (Fsp3) is 0.273. The fourth-order valence-electron chi connectivity index (χ4n) is 3.38. The van der Waals surface area contributed by atoms with E-state index in [1.54, 1.807) is 35.8 Å². The highest BCUT2D eigenvalue weighted by Gasteiger charge is 2.26. The smallest absolute Gasteiger partial charge is 0.243 e. The van der Waals surface area contributed by atoms with Gasteiger partial charge in [-0.3, -0.25) is 5.43 Å². The first-order valence-corrected chi connectivity index (χ1v) is 12.4. The SMILES string of the molecule is COc1ccc(C=NNc2nc(-c3cccc(S(=O)(=O)N4CCCCC4)c3)cs2)cc1. The Morgan fingerprint density at radius 1 is 1.13 bits per heavy atom. The van der Waals surface area contributed by atoms with Crippen LogP contribution in [0.3, 0.4) is 0 Å². The molecule has 0 unspecified atom stereocenters. The second-order valence-corrected chi connectivity index (χ2v) is 9.97. The largest absolute Gasteiger partial charge is 0.497 e. The zero-order valence-electron chi connectivity index (χ0n) is 17.2. The zero-order valence-corrected chi connectivity index (χ0v) is 18.8. The van der Waals surface area contributed by atoms with Gasteiger partial charge in [0.15, 0.2) is 0 Å². The lowest BCUT2D eigenvalue weighted by molar-refractivity contribution is 0.346. The molecule has 0 saturated carbocycles. The maximum atomic E-state index is 13.0. The monoisotopic (exact) mass is 456 g/mol. The lowest BCUT2D eigenvalue weighted by Crippen LogP contribution is -2.35. The molecule has 2 aromatic carbocycles. The number of nitrogens with one attached hydrogen (secondary N) is 1. The number of hydrazone groups is 1. The van der Waals surface area contributed by atoms with Crippen molar-refractivity contribution in [1.82, 2.24) is 9.29 Å². The van der Waals surface area contributed by atoms with Crippen LogP contribution < -0.4 is 10.2 Å². The van der Waals surface area contributed by atoms with E-state index >= 15 is 0 Å². The van der Waals surface area contributed by atoms with Gasteiger partial charge in [0.2, 0.25) is 15.2 Å². The Morgan fingerprint density at radius 2 is 1.90 bits per heavy atom. The summed E-state index contributed by atoms with van der Waals surface area (Å²) in [7, 11) is -1.85. The molecule has 1 aliphatic heterocycles. The van der Waals surface area contributed by atoms with E-state index in [4.69, 9.17) is 4.74 Å².